The lowest BCUT2D eigenvalue weighted by Crippen LogP contribution is -2.34. The summed E-state index contributed by atoms with van der Waals surface area (Å²) in [5.74, 6) is 0.469. The van der Waals surface area contributed by atoms with Crippen LogP contribution in [0.2, 0.25) is 0 Å². The number of pyridine rings is 1. The van der Waals surface area contributed by atoms with Gasteiger partial charge in [-0.1, -0.05) is 36.4 Å². The molecule has 24 heavy (non-hydrogen) atoms. The van der Waals surface area contributed by atoms with E-state index in [0.29, 0.717) is 12.5 Å². The summed E-state index contributed by atoms with van der Waals surface area (Å²) in [6.07, 6.45) is 4.26. The van der Waals surface area contributed by atoms with E-state index in [1.54, 1.807) is 0 Å². The van der Waals surface area contributed by atoms with Gasteiger partial charge in [0.25, 0.3) is 0 Å². The lowest BCUT2D eigenvalue weighted by Gasteiger charge is -2.31. The minimum absolute atomic E-state index is 0.318. The zero-order chi connectivity index (χ0) is 16.4. The maximum atomic E-state index is 9.34. The molecule has 1 aliphatic rings. The van der Waals surface area contributed by atoms with Crippen molar-refractivity contribution in [2.75, 3.05) is 19.7 Å². The van der Waals surface area contributed by atoms with Crippen molar-refractivity contribution in [1.29, 1.82) is 0 Å². The summed E-state index contributed by atoms with van der Waals surface area (Å²) in [7, 11) is 0. The van der Waals surface area contributed by atoms with E-state index in [0.717, 1.165) is 43.8 Å². The van der Waals surface area contributed by atoms with Crippen molar-refractivity contribution in [2.45, 2.75) is 19.4 Å². The number of benzene rings is 1. The van der Waals surface area contributed by atoms with E-state index in [9.17, 15) is 5.11 Å². The first-order chi connectivity index (χ1) is 11.8. The van der Waals surface area contributed by atoms with Gasteiger partial charge in [0.1, 0.15) is 5.65 Å². The predicted molar refractivity (Wildman–Crippen MR) is 95.7 cm³/mol. The highest BCUT2D eigenvalue weighted by molar-refractivity contribution is 5.66. The summed E-state index contributed by atoms with van der Waals surface area (Å²) < 4.78 is 2.21. The highest BCUT2D eigenvalue weighted by Crippen LogP contribution is 2.27. The van der Waals surface area contributed by atoms with Crippen LogP contribution < -0.4 is 0 Å². The Labute approximate surface area is 142 Å². The summed E-state index contributed by atoms with van der Waals surface area (Å²) in [6, 6.07) is 16.6. The zero-order valence-corrected chi connectivity index (χ0v) is 13.8. The van der Waals surface area contributed by atoms with E-state index in [1.807, 2.05) is 12.1 Å². The van der Waals surface area contributed by atoms with Gasteiger partial charge in [0.2, 0.25) is 0 Å². The molecule has 0 bridgehead atoms. The average molecular weight is 321 g/mol. The van der Waals surface area contributed by atoms with Crippen LogP contribution >= 0.6 is 0 Å². The third-order valence-corrected chi connectivity index (χ3v) is 5.01. The number of piperidine rings is 1. The van der Waals surface area contributed by atoms with E-state index >= 15 is 0 Å². The van der Waals surface area contributed by atoms with Crippen LogP contribution in [0.25, 0.3) is 16.9 Å². The predicted octanol–water partition coefficient (Wildman–Crippen LogP) is 3.21. The van der Waals surface area contributed by atoms with Gasteiger partial charge in [-0.3, -0.25) is 4.90 Å². The molecule has 1 saturated heterocycles. The van der Waals surface area contributed by atoms with Crippen molar-refractivity contribution in [3.63, 3.8) is 0 Å². The Morgan fingerprint density at radius 3 is 2.50 bits per heavy atom. The molecule has 0 saturated carbocycles. The SMILES string of the molecule is OCC1CCN(Cc2c(-c3ccccc3)nc3ccccn23)CC1. The van der Waals surface area contributed by atoms with Crippen molar-refractivity contribution < 1.29 is 5.11 Å². The standard InChI is InChI=1S/C20H23N3O/c24-15-16-9-12-22(13-10-16)14-18-20(17-6-2-1-3-7-17)21-19-8-4-5-11-23(18)19/h1-8,11,16,24H,9-10,12-15H2. The topological polar surface area (TPSA) is 40.8 Å². The fraction of sp³-hybridized carbons (Fsp3) is 0.350. The van der Waals surface area contributed by atoms with Crippen molar-refractivity contribution in [3.8, 4) is 11.3 Å². The number of fused-ring (bicyclic) bond motifs is 1. The van der Waals surface area contributed by atoms with Crippen molar-refractivity contribution >= 4 is 5.65 Å². The van der Waals surface area contributed by atoms with Crippen molar-refractivity contribution in [3.05, 3.63) is 60.4 Å². The van der Waals surface area contributed by atoms with Crippen LogP contribution in [0.15, 0.2) is 54.7 Å². The molecule has 0 unspecified atom stereocenters. The van der Waals surface area contributed by atoms with Crippen LogP contribution in [0.3, 0.4) is 0 Å². The molecule has 3 heterocycles. The minimum atomic E-state index is 0.318. The number of aliphatic hydroxyl groups excluding tert-OH is 1. The number of hydrogen-bond acceptors (Lipinski definition) is 3. The van der Waals surface area contributed by atoms with Gasteiger partial charge >= 0.3 is 0 Å². The van der Waals surface area contributed by atoms with E-state index in [1.165, 1.54) is 11.3 Å². The van der Waals surface area contributed by atoms with Crippen LogP contribution in [-0.2, 0) is 6.54 Å². The molecule has 1 aliphatic heterocycles. The zero-order valence-electron chi connectivity index (χ0n) is 13.8. The Kier molecular flexibility index (Phi) is 4.32. The normalized spacial score (nSPS) is 16.7. The lowest BCUT2D eigenvalue weighted by atomic mass is 9.97. The quantitative estimate of drug-likeness (QED) is 0.802. The van der Waals surface area contributed by atoms with Crippen LogP contribution in [0.1, 0.15) is 18.5 Å². The second-order valence-electron chi connectivity index (χ2n) is 6.60. The maximum Gasteiger partial charge on any atom is 0.137 e. The fourth-order valence-corrected chi connectivity index (χ4v) is 3.56. The third kappa shape index (κ3) is 2.95. The molecule has 1 N–H and O–H groups in total. The first-order valence-electron chi connectivity index (χ1n) is 8.70. The molecule has 4 heteroatoms. The first kappa shape index (κ1) is 15.4. The van der Waals surface area contributed by atoms with E-state index < -0.39 is 0 Å². The summed E-state index contributed by atoms with van der Waals surface area (Å²) >= 11 is 0. The molecule has 1 fully saturated rings. The number of nitrogens with zero attached hydrogens (tertiary/aromatic N) is 3. The highest BCUT2D eigenvalue weighted by Gasteiger charge is 2.21. The van der Waals surface area contributed by atoms with Crippen LogP contribution in [0.4, 0.5) is 0 Å². The molecule has 2 aromatic heterocycles. The molecular formula is C20H23N3O. The third-order valence-electron chi connectivity index (χ3n) is 5.01. The summed E-state index contributed by atoms with van der Waals surface area (Å²) in [6.45, 7) is 3.30. The Morgan fingerprint density at radius 2 is 1.75 bits per heavy atom. The molecule has 124 valence electrons. The second kappa shape index (κ2) is 6.75. The van der Waals surface area contributed by atoms with Gasteiger partial charge < -0.3 is 9.51 Å². The molecule has 3 aromatic rings. The van der Waals surface area contributed by atoms with Gasteiger partial charge in [-0.15, -0.1) is 0 Å². The second-order valence-corrected chi connectivity index (χ2v) is 6.60. The van der Waals surface area contributed by atoms with Gasteiger partial charge in [-0.05, 0) is 44.0 Å². The molecule has 0 amide bonds. The Bertz CT molecular complexity index is 804. The van der Waals surface area contributed by atoms with Crippen LogP contribution in [-0.4, -0.2) is 39.1 Å². The number of hydrogen-bond donors (Lipinski definition) is 1. The van der Waals surface area contributed by atoms with Gasteiger partial charge in [-0.25, -0.2) is 4.98 Å². The average Bonchev–Trinajstić information content (AvgIpc) is 3.02. The number of aliphatic hydroxyl groups is 1. The Balaban J connectivity index is 1.68. The Hall–Kier alpha value is -2.17. The van der Waals surface area contributed by atoms with Crippen LogP contribution in [0, 0.1) is 5.92 Å². The molecule has 0 radical (unpaired) electrons. The van der Waals surface area contributed by atoms with Crippen molar-refractivity contribution in [1.82, 2.24) is 14.3 Å². The molecule has 0 spiro atoms. The minimum Gasteiger partial charge on any atom is -0.396 e. The number of imidazole rings is 1. The summed E-state index contributed by atoms with van der Waals surface area (Å²) in [5, 5.41) is 9.34. The van der Waals surface area contributed by atoms with E-state index in [4.69, 9.17) is 4.98 Å². The van der Waals surface area contributed by atoms with Crippen LogP contribution in [0.5, 0.6) is 0 Å². The smallest absolute Gasteiger partial charge is 0.137 e. The Morgan fingerprint density at radius 1 is 1.00 bits per heavy atom. The molecule has 1 aromatic carbocycles. The van der Waals surface area contributed by atoms with E-state index in [-0.39, 0.29) is 0 Å². The number of rotatable bonds is 4. The summed E-state index contributed by atoms with van der Waals surface area (Å²) in [4.78, 5) is 7.36. The first-order valence-corrected chi connectivity index (χ1v) is 8.70. The number of aromatic nitrogens is 2. The molecular weight excluding hydrogens is 298 g/mol. The lowest BCUT2D eigenvalue weighted by molar-refractivity contribution is 0.126. The van der Waals surface area contributed by atoms with Gasteiger partial charge in [0, 0.05) is 24.9 Å². The molecule has 4 nitrogen and oxygen atoms in total. The molecule has 0 aliphatic carbocycles. The maximum absolute atomic E-state index is 9.34. The molecule has 0 atom stereocenters. The van der Waals surface area contributed by atoms with E-state index in [2.05, 4.69) is 51.9 Å². The van der Waals surface area contributed by atoms with Crippen molar-refractivity contribution in [2.24, 2.45) is 5.92 Å². The summed E-state index contributed by atoms with van der Waals surface area (Å²) in [5.41, 5.74) is 4.49. The fourth-order valence-electron chi connectivity index (χ4n) is 3.56. The van der Waals surface area contributed by atoms with Gasteiger partial charge in [-0.2, -0.15) is 0 Å². The molecule has 4 rings (SSSR count). The van der Waals surface area contributed by atoms with Gasteiger partial charge in [0.05, 0.1) is 11.4 Å². The largest absolute Gasteiger partial charge is 0.396 e. The monoisotopic (exact) mass is 321 g/mol. The number of likely N-dealkylation sites (tertiary alicyclic amines) is 1. The van der Waals surface area contributed by atoms with Gasteiger partial charge in [0.15, 0.2) is 0 Å². The highest BCUT2D eigenvalue weighted by atomic mass is 16.3.